The van der Waals surface area contributed by atoms with E-state index in [-0.39, 0.29) is 19.1 Å². The standard InChI is InChI=1S/C45H85N2O6P/c1-6-8-10-12-14-16-18-20-22-23-25-26-28-30-32-34-36-38-44(48)43(42-53-54(50,51)52-41-40-47(3,4)5)46-45(49)39-37-35-33-31-29-27-24-21-19-17-15-13-11-9-7-2/h15,17,19,21,28,30,36,38,43-44,48H,6-14,16,18,20,22-27,29,31-35,37,39-42H2,1-5H3,(H-,46,49,50,51)/p+1/b17-15-,21-19-,30-28+,38-36+. The molecule has 54 heavy (non-hydrogen) atoms. The molecule has 0 saturated carbocycles. The molecule has 9 heteroatoms. The number of rotatable bonds is 39. The molecule has 0 saturated heterocycles. The Kier molecular flexibility index (Phi) is 36.0. The highest BCUT2D eigenvalue weighted by molar-refractivity contribution is 7.47. The van der Waals surface area contributed by atoms with Crippen LogP contribution in [0.2, 0.25) is 0 Å². The minimum absolute atomic E-state index is 0.0524. The van der Waals surface area contributed by atoms with Crippen molar-refractivity contribution in [1.82, 2.24) is 5.32 Å². The van der Waals surface area contributed by atoms with Crippen LogP contribution in [-0.2, 0) is 18.4 Å². The van der Waals surface area contributed by atoms with Crippen LogP contribution < -0.4 is 5.32 Å². The van der Waals surface area contributed by atoms with Gasteiger partial charge in [0, 0.05) is 6.42 Å². The van der Waals surface area contributed by atoms with E-state index < -0.39 is 20.0 Å². The number of nitrogens with zero attached hydrogens (tertiary/aromatic N) is 1. The van der Waals surface area contributed by atoms with E-state index in [1.807, 2.05) is 27.2 Å². The lowest BCUT2D eigenvalue weighted by atomic mass is 10.1. The topological polar surface area (TPSA) is 105 Å². The SMILES string of the molecule is CCCCC/C=C\C=C/CCCCCCCCC(=O)NC(COP(=O)(O)OCC[N+](C)(C)C)C(O)/C=C/CC/C=C/CCCCCCCCCCCCC. The summed E-state index contributed by atoms with van der Waals surface area (Å²) in [6.45, 7) is 4.74. The molecule has 0 aliphatic heterocycles. The normalized spacial score (nSPS) is 14.9. The summed E-state index contributed by atoms with van der Waals surface area (Å²) in [6.07, 6.45) is 46.0. The molecule has 0 aromatic heterocycles. The van der Waals surface area contributed by atoms with Crippen LogP contribution >= 0.6 is 7.82 Å². The van der Waals surface area contributed by atoms with Crippen LogP contribution in [0.4, 0.5) is 0 Å². The summed E-state index contributed by atoms with van der Waals surface area (Å²) >= 11 is 0. The highest BCUT2D eigenvalue weighted by Crippen LogP contribution is 2.43. The van der Waals surface area contributed by atoms with Crippen molar-refractivity contribution in [2.45, 2.75) is 193 Å². The summed E-state index contributed by atoms with van der Waals surface area (Å²) < 4.78 is 23.5. The summed E-state index contributed by atoms with van der Waals surface area (Å²) in [5.41, 5.74) is 0. The molecular formula is C45H86N2O6P+. The van der Waals surface area contributed by atoms with Gasteiger partial charge in [-0.1, -0.05) is 165 Å². The molecule has 0 rings (SSSR count). The Morgan fingerprint density at radius 1 is 0.630 bits per heavy atom. The average Bonchev–Trinajstić information content (AvgIpc) is 3.12. The van der Waals surface area contributed by atoms with Crippen LogP contribution in [0, 0.1) is 0 Å². The fraction of sp³-hybridized carbons (Fsp3) is 0.800. The molecule has 316 valence electrons. The lowest BCUT2D eigenvalue weighted by Crippen LogP contribution is -2.45. The van der Waals surface area contributed by atoms with Gasteiger partial charge in [0.25, 0.3) is 0 Å². The third-order valence-corrected chi connectivity index (χ3v) is 10.5. The minimum Gasteiger partial charge on any atom is -0.387 e. The number of aliphatic hydroxyl groups excluding tert-OH is 1. The Labute approximate surface area is 333 Å². The van der Waals surface area contributed by atoms with E-state index in [1.165, 1.54) is 103 Å². The van der Waals surface area contributed by atoms with Crippen LogP contribution in [0.5, 0.6) is 0 Å². The van der Waals surface area contributed by atoms with Crippen LogP contribution in [0.3, 0.4) is 0 Å². The third kappa shape index (κ3) is 38.7. The lowest BCUT2D eigenvalue weighted by Gasteiger charge is -2.25. The van der Waals surface area contributed by atoms with E-state index in [2.05, 4.69) is 55.6 Å². The molecule has 0 radical (unpaired) electrons. The summed E-state index contributed by atoms with van der Waals surface area (Å²) in [5, 5.41) is 13.8. The van der Waals surface area contributed by atoms with Gasteiger partial charge in [0.1, 0.15) is 13.2 Å². The zero-order chi connectivity index (χ0) is 40.0. The second-order valence-electron chi connectivity index (χ2n) is 16.1. The van der Waals surface area contributed by atoms with Crippen molar-refractivity contribution in [2.24, 2.45) is 0 Å². The molecule has 0 fully saturated rings. The largest absolute Gasteiger partial charge is 0.472 e. The van der Waals surface area contributed by atoms with Crippen molar-refractivity contribution in [3.63, 3.8) is 0 Å². The zero-order valence-electron chi connectivity index (χ0n) is 35.7. The van der Waals surface area contributed by atoms with E-state index in [9.17, 15) is 19.4 Å². The molecule has 0 aromatic carbocycles. The molecule has 8 nitrogen and oxygen atoms in total. The smallest absolute Gasteiger partial charge is 0.387 e. The van der Waals surface area contributed by atoms with Gasteiger partial charge in [-0.2, -0.15) is 0 Å². The maximum absolute atomic E-state index is 12.8. The van der Waals surface area contributed by atoms with E-state index in [0.717, 1.165) is 57.8 Å². The first-order valence-electron chi connectivity index (χ1n) is 22.0. The average molecular weight is 782 g/mol. The lowest BCUT2D eigenvalue weighted by molar-refractivity contribution is -0.870. The number of quaternary nitrogens is 1. The van der Waals surface area contributed by atoms with Crippen molar-refractivity contribution < 1.29 is 32.9 Å². The number of unbranched alkanes of at least 4 members (excludes halogenated alkanes) is 21. The number of phosphoric acid groups is 1. The molecule has 1 amide bonds. The summed E-state index contributed by atoms with van der Waals surface area (Å²) in [6, 6.07) is -0.868. The van der Waals surface area contributed by atoms with Crippen molar-refractivity contribution in [2.75, 3.05) is 40.9 Å². The molecule has 0 bridgehead atoms. The van der Waals surface area contributed by atoms with E-state index >= 15 is 0 Å². The Morgan fingerprint density at radius 3 is 1.63 bits per heavy atom. The molecule has 0 aromatic rings. The predicted molar refractivity (Wildman–Crippen MR) is 231 cm³/mol. The van der Waals surface area contributed by atoms with E-state index in [0.29, 0.717) is 17.4 Å². The maximum atomic E-state index is 12.8. The number of carbonyl (C=O) groups excluding carboxylic acids is 1. The number of carbonyl (C=O) groups is 1. The molecule has 3 N–H and O–H groups in total. The van der Waals surface area contributed by atoms with Crippen molar-refractivity contribution >= 4 is 13.7 Å². The molecule has 0 aliphatic rings. The number of allylic oxidation sites excluding steroid dienone is 7. The quantitative estimate of drug-likeness (QED) is 0.0189. The number of hydrogen-bond donors (Lipinski definition) is 3. The molecule has 3 unspecified atom stereocenters. The van der Waals surface area contributed by atoms with Crippen LogP contribution in [0.15, 0.2) is 48.6 Å². The first-order chi connectivity index (χ1) is 26.0. The Hall–Kier alpha value is -1.54. The van der Waals surface area contributed by atoms with Gasteiger partial charge in [-0.3, -0.25) is 13.8 Å². The molecular weight excluding hydrogens is 695 g/mol. The molecule has 0 aliphatic carbocycles. The van der Waals surface area contributed by atoms with Crippen molar-refractivity contribution in [3.8, 4) is 0 Å². The summed E-state index contributed by atoms with van der Waals surface area (Å²) in [7, 11) is 1.54. The highest BCUT2D eigenvalue weighted by Gasteiger charge is 2.27. The van der Waals surface area contributed by atoms with Gasteiger partial charge in [0.05, 0.1) is 39.9 Å². The van der Waals surface area contributed by atoms with Gasteiger partial charge in [0.15, 0.2) is 0 Å². The molecule has 0 spiro atoms. The number of aliphatic hydroxyl groups is 1. The Morgan fingerprint density at radius 2 is 1.07 bits per heavy atom. The van der Waals surface area contributed by atoms with Crippen LogP contribution in [-0.4, -0.2) is 73.4 Å². The van der Waals surface area contributed by atoms with E-state index in [4.69, 9.17) is 9.05 Å². The first kappa shape index (κ1) is 52.5. The summed E-state index contributed by atoms with van der Waals surface area (Å²) in [4.78, 5) is 23.1. The monoisotopic (exact) mass is 782 g/mol. The van der Waals surface area contributed by atoms with Crippen molar-refractivity contribution in [1.29, 1.82) is 0 Å². The van der Waals surface area contributed by atoms with Crippen LogP contribution in [0.1, 0.15) is 181 Å². The second-order valence-corrected chi connectivity index (χ2v) is 17.5. The number of hydrogen-bond acceptors (Lipinski definition) is 5. The predicted octanol–water partition coefficient (Wildman–Crippen LogP) is 12.1. The van der Waals surface area contributed by atoms with Gasteiger partial charge in [-0.05, 0) is 57.8 Å². The second kappa shape index (κ2) is 37.1. The third-order valence-electron chi connectivity index (χ3n) is 9.55. The number of likely N-dealkylation sites (N-methyl/N-ethyl adjacent to an activating group) is 1. The van der Waals surface area contributed by atoms with Crippen LogP contribution in [0.25, 0.3) is 0 Å². The molecule has 0 heterocycles. The molecule has 3 atom stereocenters. The van der Waals surface area contributed by atoms with Gasteiger partial charge in [-0.15, -0.1) is 0 Å². The fourth-order valence-corrected chi connectivity index (χ4v) is 6.72. The van der Waals surface area contributed by atoms with E-state index in [1.54, 1.807) is 6.08 Å². The Balaban J connectivity index is 4.52. The first-order valence-corrected chi connectivity index (χ1v) is 23.5. The van der Waals surface area contributed by atoms with Gasteiger partial charge >= 0.3 is 7.82 Å². The number of nitrogens with one attached hydrogen (secondary N) is 1. The Bertz CT molecular complexity index is 1020. The highest BCUT2D eigenvalue weighted by atomic mass is 31.2. The van der Waals surface area contributed by atoms with Crippen molar-refractivity contribution in [3.05, 3.63) is 48.6 Å². The van der Waals surface area contributed by atoms with Gasteiger partial charge in [0.2, 0.25) is 5.91 Å². The van der Waals surface area contributed by atoms with Gasteiger partial charge < -0.3 is 19.8 Å². The number of amides is 1. The minimum atomic E-state index is -4.35. The van der Waals surface area contributed by atoms with Gasteiger partial charge in [-0.25, -0.2) is 4.57 Å². The number of phosphoric ester groups is 1. The fourth-order valence-electron chi connectivity index (χ4n) is 5.99. The summed E-state index contributed by atoms with van der Waals surface area (Å²) in [5.74, 6) is -0.201. The maximum Gasteiger partial charge on any atom is 0.472 e. The zero-order valence-corrected chi connectivity index (χ0v) is 36.6.